The molecule has 0 spiro atoms. The minimum atomic E-state index is -0.233. The van der Waals surface area contributed by atoms with Gasteiger partial charge in [0.2, 0.25) is 0 Å². The van der Waals surface area contributed by atoms with Crippen LogP contribution in [0.2, 0.25) is 0 Å². The second kappa shape index (κ2) is 6.53. The van der Waals surface area contributed by atoms with Gasteiger partial charge < -0.3 is 5.32 Å². The summed E-state index contributed by atoms with van der Waals surface area (Å²) in [7, 11) is 0. The lowest BCUT2D eigenvalue weighted by atomic mass is 10.1. The molecule has 1 heterocycles. The van der Waals surface area contributed by atoms with Crippen molar-refractivity contribution < 1.29 is 9.59 Å². The summed E-state index contributed by atoms with van der Waals surface area (Å²) >= 11 is 0. The van der Waals surface area contributed by atoms with E-state index in [0.29, 0.717) is 28.8 Å². The van der Waals surface area contributed by atoms with E-state index in [1.54, 1.807) is 24.3 Å². The Morgan fingerprint density at radius 3 is 2.12 bits per heavy atom. The highest BCUT2D eigenvalue weighted by atomic mass is 35.5. The number of benzene rings is 2. The van der Waals surface area contributed by atoms with E-state index in [9.17, 15) is 9.59 Å². The van der Waals surface area contributed by atoms with Gasteiger partial charge >= 0.3 is 0 Å². The SMILES string of the molecule is Cl.O=C1c2ccccc2C(=O)N1c1ccc(C2CC2NCC2CC2)cc1. The van der Waals surface area contributed by atoms with Gasteiger partial charge in [-0.2, -0.15) is 0 Å². The molecule has 1 N–H and O–H groups in total. The van der Waals surface area contributed by atoms with Gasteiger partial charge in [-0.25, -0.2) is 4.90 Å². The second-order valence-electron chi connectivity index (χ2n) is 7.38. The van der Waals surface area contributed by atoms with Gasteiger partial charge in [-0.15, -0.1) is 12.4 Å². The Morgan fingerprint density at radius 1 is 0.923 bits per heavy atom. The summed E-state index contributed by atoms with van der Waals surface area (Å²) in [5.74, 6) is 1.000. The van der Waals surface area contributed by atoms with E-state index in [1.165, 1.54) is 29.7 Å². The van der Waals surface area contributed by atoms with Crippen molar-refractivity contribution in [2.24, 2.45) is 5.92 Å². The number of hydrogen-bond donors (Lipinski definition) is 1. The Bertz CT molecular complexity index is 826. The molecule has 1 aliphatic heterocycles. The Labute approximate surface area is 159 Å². The minimum Gasteiger partial charge on any atom is -0.313 e. The quantitative estimate of drug-likeness (QED) is 0.817. The number of nitrogens with one attached hydrogen (secondary N) is 1. The third-order valence-corrected chi connectivity index (χ3v) is 5.53. The van der Waals surface area contributed by atoms with Crippen molar-refractivity contribution in [3.63, 3.8) is 0 Å². The van der Waals surface area contributed by atoms with Crippen LogP contribution in [0.3, 0.4) is 0 Å². The van der Waals surface area contributed by atoms with Crippen molar-refractivity contribution >= 4 is 29.9 Å². The van der Waals surface area contributed by atoms with Crippen molar-refractivity contribution in [2.75, 3.05) is 11.4 Å². The van der Waals surface area contributed by atoms with E-state index in [0.717, 1.165) is 12.5 Å². The molecule has 2 unspecified atom stereocenters. The fraction of sp³-hybridized carbons (Fsp3) is 0.333. The first-order chi connectivity index (χ1) is 12.2. The average Bonchev–Trinajstić information content (AvgIpc) is 3.55. The number of nitrogens with zero attached hydrogens (tertiary/aromatic N) is 1. The maximum Gasteiger partial charge on any atom is 0.266 e. The first-order valence-corrected chi connectivity index (χ1v) is 9.03. The van der Waals surface area contributed by atoms with Gasteiger partial charge in [0.05, 0.1) is 16.8 Å². The fourth-order valence-electron chi connectivity index (χ4n) is 3.72. The van der Waals surface area contributed by atoms with Gasteiger partial charge in [-0.3, -0.25) is 9.59 Å². The Balaban J connectivity index is 0.00000168. The molecule has 2 aromatic rings. The largest absolute Gasteiger partial charge is 0.313 e. The topological polar surface area (TPSA) is 49.4 Å². The van der Waals surface area contributed by atoms with Gasteiger partial charge in [0.25, 0.3) is 11.8 Å². The van der Waals surface area contributed by atoms with Crippen LogP contribution in [0.15, 0.2) is 48.5 Å². The van der Waals surface area contributed by atoms with Crippen molar-refractivity contribution in [3.8, 4) is 0 Å². The molecular weight excluding hydrogens is 348 g/mol. The number of hydrogen-bond acceptors (Lipinski definition) is 3. The van der Waals surface area contributed by atoms with Crippen molar-refractivity contribution in [3.05, 3.63) is 65.2 Å². The van der Waals surface area contributed by atoms with Crippen molar-refractivity contribution in [1.29, 1.82) is 0 Å². The van der Waals surface area contributed by atoms with Crippen LogP contribution >= 0.6 is 12.4 Å². The molecule has 2 aromatic carbocycles. The fourth-order valence-corrected chi connectivity index (χ4v) is 3.72. The number of carbonyl (C=O) groups is 2. The average molecular weight is 369 g/mol. The van der Waals surface area contributed by atoms with E-state index in [-0.39, 0.29) is 24.2 Å². The second-order valence-corrected chi connectivity index (χ2v) is 7.38. The lowest BCUT2D eigenvalue weighted by molar-refractivity contribution is 0.0926. The maximum absolute atomic E-state index is 12.5. The molecule has 0 saturated heterocycles. The number of carbonyl (C=O) groups excluding carboxylic acids is 2. The molecule has 2 saturated carbocycles. The molecule has 134 valence electrons. The van der Waals surface area contributed by atoms with Crippen LogP contribution in [0.1, 0.15) is 51.5 Å². The third kappa shape index (κ3) is 2.93. The monoisotopic (exact) mass is 368 g/mol. The van der Waals surface area contributed by atoms with Gasteiger partial charge in [0, 0.05) is 12.0 Å². The van der Waals surface area contributed by atoms with E-state index in [1.807, 2.05) is 12.1 Å². The molecule has 4 nitrogen and oxygen atoms in total. The summed E-state index contributed by atoms with van der Waals surface area (Å²) in [6, 6.07) is 15.5. The Hall–Kier alpha value is -2.17. The first-order valence-electron chi connectivity index (χ1n) is 9.03. The molecule has 0 bridgehead atoms. The molecular formula is C21H21ClN2O2. The van der Waals surface area contributed by atoms with E-state index in [2.05, 4.69) is 17.4 Å². The van der Waals surface area contributed by atoms with Crippen molar-refractivity contribution in [2.45, 2.75) is 31.2 Å². The number of halogens is 1. The standard InChI is InChI=1S/C21H20N2O2.ClH/c24-20-16-3-1-2-4-17(16)21(25)23(20)15-9-7-14(8-10-15)18-11-19(18)22-12-13-5-6-13;/h1-4,7-10,13,18-19,22H,5-6,11-12H2;1H. The number of imide groups is 1. The highest BCUT2D eigenvalue weighted by molar-refractivity contribution is 6.34. The van der Waals surface area contributed by atoms with E-state index >= 15 is 0 Å². The number of fused-ring (bicyclic) bond motifs is 1. The zero-order chi connectivity index (χ0) is 17.0. The highest BCUT2D eigenvalue weighted by Crippen LogP contribution is 2.42. The zero-order valence-electron chi connectivity index (χ0n) is 14.4. The predicted octanol–water partition coefficient (Wildman–Crippen LogP) is 3.76. The van der Waals surface area contributed by atoms with Crippen molar-refractivity contribution in [1.82, 2.24) is 5.32 Å². The zero-order valence-corrected chi connectivity index (χ0v) is 15.2. The van der Waals surface area contributed by atoms with E-state index in [4.69, 9.17) is 0 Å². The number of rotatable bonds is 5. The first kappa shape index (κ1) is 17.3. The van der Waals surface area contributed by atoms with Crippen LogP contribution < -0.4 is 10.2 Å². The number of amides is 2. The smallest absolute Gasteiger partial charge is 0.266 e. The highest BCUT2D eigenvalue weighted by Gasteiger charge is 2.40. The summed E-state index contributed by atoms with van der Waals surface area (Å²) in [6.07, 6.45) is 3.93. The van der Waals surface area contributed by atoms with Gasteiger partial charge in [0.1, 0.15) is 0 Å². The summed E-state index contributed by atoms with van der Waals surface area (Å²) in [6.45, 7) is 1.15. The van der Waals surface area contributed by atoms with Crippen LogP contribution in [0.25, 0.3) is 0 Å². The summed E-state index contributed by atoms with van der Waals surface area (Å²) in [4.78, 5) is 26.4. The molecule has 5 heteroatoms. The van der Waals surface area contributed by atoms with Crippen LogP contribution in [-0.4, -0.2) is 24.4 Å². The lowest BCUT2D eigenvalue weighted by Gasteiger charge is -2.14. The van der Waals surface area contributed by atoms with Crippen LogP contribution in [0.4, 0.5) is 5.69 Å². The van der Waals surface area contributed by atoms with Gasteiger partial charge in [0.15, 0.2) is 0 Å². The molecule has 3 aliphatic rings. The summed E-state index contributed by atoms with van der Waals surface area (Å²) < 4.78 is 0. The predicted molar refractivity (Wildman–Crippen MR) is 103 cm³/mol. The third-order valence-electron chi connectivity index (χ3n) is 5.53. The van der Waals surface area contributed by atoms with E-state index < -0.39 is 0 Å². The van der Waals surface area contributed by atoms with Gasteiger partial charge in [-0.05, 0) is 61.6 Å². The molecule has 26 heavy (non-hydrogen) atoms. The lowest BCUT2D eigenvalue weighted by Crippen LogP contribution is -2.29. The van der Waals surface area contributed by atoms with Crippen LogP contribution in [-0.2, 0) is 0 Å². The summed E-state index contributed by atoms with van der Waals surface area (Å²) in [5, 5.41) is 3.64. The molecule has 2 atom stereocenters. The minimum absolute atomic E-state index is 0. The molecule has 2 aliphatic carbocycles. The summed E-state index contributed by atoms with van der Waals surface area (Å²) in [5.41, 5.74) is 2.91. The molecule has 0 radical (unpaired) electrons. The molecule has 0 aromatic heterocycles. The van der Waals surface area contributed by atoms with Gasteiger partial charge in [-0.1, -0.05) is 24.3 Å². The van der Waals surface area contributed by atoms with Crippen LogP contribution in [0.5, 0.6) is 0 Å². The normalized spacial score (nSPS) is 23.6. The van der Waals surface area contributed by atoms with Crippen LogP contribution in [0, 0.1) is 5.92 Å². The molecule has 2 amide bonds. The molecule has 2 fully saturated rings. The molecule has 5 rings (SSSR count). The Morgan fingerprint density at radius 2 is 1.54 bits per heavy atom. The number of anilines is 1. The Kier molecular flexibility index (Phi) is 4.33. The maximum atomic E-state index is 12.5.